The number of hydrogen-bond acceptors (Lipinski definition) is 6. The molecule has 0 spiro atoms. The Morgan fingerprint density at radius 1 is 0.758 bits per heavy atom. The highest BCUT2D eigenvalue weighted by molar-refractivity contribution is 6.06. The minimum atomic E-state index is -0.327. The number of aromatic nitrogens is 1. The number of rotatable bonds is 10. The van der Waals surface area contributed by atoms with Crippen LogP contribution < -0.4 is 24.8 Å². The van der Waals surface area contributed by atoms with E-state index in [1.165, 1.54) is 6.20 Å². The summed E-state index contributed by atoms with van der Waals surface area (Å²) in [6.45, 7) is 6.87. The Hall–Kier alpha value is -4.07. The van der Waals surface area contributed by atoms with Gasteiger partial charge in [-0.3, -0.25) is 14.6 Å². The molecule has 0 unspecified atom stereocenters. The summed E-state index contributed by atoms with van der Waals surface area (Å²) >= 11 is 0. The SMILES string of the molecule is CCOc1cc(C(=O)Nc2ccc(NC(=O)c3cccnc3)cc2)cc(OCC)c1OCC. The molecule has 3 rings (SSSR count). The van der Waals surface area contributed by atoms with Crippen molar-refractivity contribution in [2.24, 2.45) is 0 Å². The van der Waals surface area contributed by atoms with E-state index < -0.39 is 0 Å². The van der Waals surface area contributed by atoms with Gasteiger partial charge in [0.1, 0.15) is 0 Å². The molecule has 1 heterocycles. The van der Waals surface area contributed by atoms with Crippen LogP contribution in [-0.2, 0) is 0 Å². The summed E-state index contributed by atoms with van der Waals surface area (Å²) in [5.74, 6) is 0.785. The maximum atomic E-state index is 12.9. The molecule has 2 aromatic carbocycles. The van der Waals surface area contributed by atoms with Crippen molar-refractivity contribution in [3.05, 3.63) is 72.1 Å². The fraction of sp³-hybridized carbons (Fsp3) is 0.240. The van der Waals surface area contributed by atoms with Crippen molar-refractivity contribution in [3.63, 3.8) is 0 Å². The van der Waals surface area contributed by atoms with Gasteiger partial charge >= 0.3 is 0 Å². The Kier molecular flexibility index (Phi) is 8.24. The van der Waals surface area contributed by atoms with E-state index in [1.54, 1.807) is 54.7 Å². The quantitative estimate of drug-likeness (QED) is 0.462. The van der Waals surface area contributed by atoms with E-state index in [0.29, 0.717) is 59.6 Å². The van der Waals surface area contributed by atoms with E-state index in [1.807, 2.05) is 20.8 Å². The largest absolute Gasteiger partial charge is 0.490 e. The van der Waals surface area contributed by atoms with Gasteiger partial charge in [-0.2, -0.15) is 0 Å². The summed E-state index contributed by atoms with van der Waals surface area (Å²) in [4.78, 5) is 29.1. The van der Waals surface area contributed by atoms with Gasteiger partial charge in [-0.25, -0.2) is 0 Å². The summed E-state index contributed by atoms with van der Waals surface area (Å²) < 4.78 is 17.0. The fourth-order valence-electron chi connectivity index (χ4n) is 3.06. The predicted octanol–water partition coefficient (Wildman–Crippen LogP) is 4.78. The lowest BCUT2D eigenvalue weighted by Gasteiger charge is -2.17. The molecule has 0 aliphatic heterocycles. The lowest BCUT2D eigenvalue weighted by Crippen LogP contribution is -2.14. The van der Waals surface area contributed by atoms with E-state index in [0.717, 1.165) is 0 Å². The molecule has 2 N–H and O–H groups in total. The van der Waals surface area contributed by atoms with Crippen LogP contribution in [0.4, 0.5) is 11.4 Å². The molecule has 0 fully saturated rings. The van der Waals surface area contributed by atoms with E-state index in [2.05, 4.69) is 15.6 Å². The minimum Gasteiger partial charge on any atom is -0.490 e. The van der Waals surface area contributed by atoms with Crippen LogP contribution in [0.5, 0.6) is 17.2 Å². The Balaban J connectivity index is 1.74. The van der Waals surface area contributed by atoms with Gasteiger partial charge in [0.15, 0.2) is 11.5 Å². The zero-order chi connectivity index (χ0) is 23.6. The molecule has 0 bridgehead atoms. The van der Waals surface area contributed by atoms with Gasteiger partial charge in [0.05, 0.1) is 25.4 Å². The van der Waals surface area contributed by atoms with Crippen molar-refractivity contribution < 1.29 is 23.8 Å². The zero-order valence-corrected chi connectivity index (χ0v) is 18.9. The Labute approximate surface area is 192 Å². The molecule has 3 aromatic rings. The van der Waals surface area contributed by atoms with Crippen molar-refractivity contribution in [1.82, 2.24) is 4.98 Å². The molecule has 0 saturated heterocycles. The number of nitrogens with zero attached hydrogens (tertiary/aromatic N) is 1. The smallest absolute Gasteiger partial charge is 0.257 e. The first-order chi connectivity index (χ1) is 16.0. The molecule has 0 aliphatic carbocycles. The van der Waals surface area contributed by atoms with Gasteiger partial charge in [0, 0.05) is 29.3 Å². The van der Waals surface area contributed by atoms with Crippen molar-refractivity contribution in [1.29, 1.82) is 0 Å². The predicted molar refractivity (Wildman–Crippen MR) is 127 cm³/mol. The second-order valence-corrected chi connectivity index (χ2v) is 6.83. The van der Waals surface area contributed by atoms with E-state index in [-0.39, 0.29) is 11.8 Å². The topological polar surface area (TPSA) is 98.8 Å². The normalized spacial score (nSPS) is 10.3. The number of anilines is 2. The molecule has 0 radical (unpaired) electrons. The number of amides is 2. The highest BCUT2D eigenvalue weighted by Gasteiger charge is 2.18. The Morgan fingerprint density at radius 2 is 1.27 bits per heavy atom. The molecule has 33 heavy (non-hydrogen) atoms. The number of carbonyl (C=O) groups is 2. The third-order valence-corrected chi connectivity index (χ3v) is 4.50. The number of benzene rings is 2. The maximum absolute atomic E-state index is 12.9. The molecule has 0 saturated carbocycles. The Bertz CT molecular complexity index is 1060. The van der Waals surface area contributed by atoms with Crippen LogP contribution in [0, 0.1) is 0 Å². The molecule has 1 aromatic heterocycles. The van der Waals surface area contributed by atoms with Crippen LogP contribution in [0.25, 0.3) is 0 Å². The van der Waals surface area contributed by atoms with Crippen molar-refractivity contribution in [3.8, 4) is 17.2 Å². The summed E-state index contributed by atoms with van der Waals surface area (Å²) in [6, 6.07) is 13.5. The monoisotopic (exact) mass is 449 g/mol. The van der Waals surface area contributed by atoms with Crippen molar-refractivity contribution >= 4 is 23.2 Å². The van der Waals surface area contributed by atoms with Crippen LogP contribution in [0.1, 0.15) is 41.5 Å². The summed E-state index contributed by atoms with van der Waals surface area (Å²) in [5, 5.41) is 5.64. The average Bonchev–Trinajstić information content (AvgIpc) is 2.83. The van der Waals surface area contributed by atoms with Gasteiger partial charge in [0.25, 0.3) is 11.8 Å². The maximum Gasteiger partial charge on any atom is 0.257 e. The third-order valence-electron chi connectivity index (χ3n) is 4.50. The molecule has 2 amide bonds. The first-order valence-corrected chi connectivity index (χ1v) is 10.7. The van der Waals surface area contributed by atoms with Crippen LogP contribution in [-0.4, -0.2) is 36.6 Å². The number of ether oxygens (including phenoxy) is 3. The van der Waals surface area contributed by atoms with Gasteiger partial charge in [-0.05, 0) is 69.3 Å². The average molecular weight is 450 g/mol. The molecule has 172 valence electrons. The second-order valence-electron chi connectivity index (χ2n) is 6.83. The summed E-state index contributed by atoms with van der Waals surface area (Å²) in [5.41, 5.74) is 2.00. The number of carbonyl (C=O) groups excluding carboxylic acids is 2. The van der Waals surface area contributed by atoms with Crippen molar-refractivity contribution in [2.45, 2.75) is 20.8 Å². The standard InChI is InChI=1S/C25H27N3O5/c1-4-31-21-14-18(15-22(32-5-2)23(21)33-6-3)25(30)28-20-11-9-19(10-12-20)27-24(29)17-8-7-13-26-16-17/h7-16H,4-6H2,1-3H3,(H,27,29)(H,28,30). The van der Waals surface area contributed by atoms with Crippen LogP contribution in [0.15, 0.2) is 60.9 Å². The highest BCUT2D eigenvalue weighted by atomic mass is 16.5. The van der Waals surface area contributed by atoms with Crippen molar-refractivity contribution in [2.75, 3.05) is 30.5 Å². The highest BCUT2D eigenvalue weighted by Crippen LogP contribution is 2.39. The van der Waals surface area contributed by atoms with Crippen LogP contribution in [0.3, 0.4) is 0 Å². The van der Waals surface area contributed by atoms with Gasteiger partial charge in [0.2, 0.25) is 5.75 Å². The molecule has 8 heteroatoms. The lowest BCUT2D eigenvalue weighted by molar-refractivity contribution is 0.101. The first kappa shape index (κ1) is 23.6. The first-order valence-electron chi connectivity index (χ1n) is 10.7. The van der Waals surface area contributed by atoms with Gasteiger partial charge < -0.3 is 24.8 Å². The number of pyridine rings is 1. The minimum absolute atomic E-state index is 0.263. The Morgan fingerprint density at radius 3 is 1.73 bits per heavy atom. The lowest BCUT2D eigenvalue weighted by atomic mass is 10.1. The van der Waals surface area contributed by atoms with Crippen LogP contribution >= 0.6 is 0 Å². The number of hydrogen-bond donors (Lipinski definition) is 2. The van der Waals surface area contributed by atoms with Crippen LogP contribution in [0.2, 0.25) is 0 Å². The molecular weight excluding hydrogens is 422 g/mol. The van der Waals surface area contributed by atoms with Gasteiger partial charge in [-0.1, -0.05) is 0 Å². The molecular formula is C25H27N3O5. The summed E-state index contributed by atoms with van der Waals surface area (Å²) in [6.07, 6.45) is 3.10. The van der Waals surface area contributed by atoms with E-state index in [4.69, 9.17) is 14.2 Å². The molecule has 0 atom stereocenters. The third kappa shape index (κ3) is 6.22. The molecule has 0 aliphatic rings. The zero-order valence-electron chi connectivity index (χ0n) is 18.9. The van der Waals surface area contributed by atoms with Gasteiger partial charge in [-0.15, -0.1) is 0 Å². The van der Waals surface area contributed by atoms with E-state index in [9.17, 15) is 9.59 Å². The summed E-state index contributed by atoms with van der Waals surface area (Å²) in [7, 11) is 0. The number of nitrogens with one attached hydrogen (secondary N) is 2. The fourth-order valence-corrected chi connectivity index (χ4v) is 3.06. The second kappa shape index (κ2) is 11.5. The molecule has 8 nitrogen and oxygen atoms in total. The van der Waals surface area contributed by atoms with E-state index >= 15 is 0 Å².